The van der Waals surface area contributed by atoms with Crippen LogP contribution in [0.15, 0.2) is 364 Å². The van der Waals surface area contributed by atoms with Gasteiger partial charge in [0.05, 0.1) is 33.3 Å². The SMILES string of the molecule is Oc1cccc2c3ccccc3n(-c3cccc(N4[CH-]N(c5[c-]cccc5)CC4)n3)c12.Oc1ccccc1-n1c2ccccc2c2ccc(-c3[c-]c(N(c4ccccc4)c4cc(-c5ccccc5)ccn4)ccc3)nc21.[Pt+2].[Pt+2].[Pt].[c-]1c(Oc2ccc3c4ccccc4n(-c4[c-]cccc4)c3n2)cccc1-n1c2ccccc2c2cccnc21. The number of anilines is 5. The molecule has 0 saturated carbocycles. The summed E-state index contributed by atoms with van der Waals surface area (Å²) in [5.74, 6) is 3.97. The molecule has 1 aliphatic rings. The van der Waals surface area contributed by atoms with Crippen molar-refractivity contribution in [3.8, 4) is 68.4 Å². The molecule has 9 aromatic heterocycles. The van der Waals surface area contributed by atoms with Crippen molar-refractivity contribution in [2.75, 3.05) is 27.8 Å². The number of rotatable bonds is 13. The van der Waals surface area contributed by atoms with Gasteiger partial charge in [0.2, 0.25) is 5.88 Å². The second-order valence-corrected chi connectivity index (χ2v) is 27.8. The number of para-hydroxylation sites is 10. The van der Waals surface area contributed by atoms with Crippen molar-refractivity contribution in [2.45, 2.75) is 0 Å². The number of pyridine rings is 5. The van der Waals surface area contributed by atoms with Gasteiger partial charge >= 0.3 is 42.1 Å². The van der Waals surface area contributed by atoms with Crippen LogP contribution in [0.4, 0.5) is 28.7 Å². The van der Waals surface area contributed by atoms with Crippen molar-refractivity contribution in [2.24, 2.45) is 0 Å². The summed E-state index contributed by atoms with van der Waals surface area (Å²) in [5.41, 5.74) is 16.6. The van der Waals surface area contributed by atoms with Crippen LogP contribution in [-0.2, 0) is 63.2 Å². The summed E-state index contributed by atoms with van der Waals surface area (Å²) < 4.78 is 14.6. The van der Waals surface area contributed by atoms with Crippen LogP contribution in [0, 0.1) is 30.9 Å². The fourth-order valence-corrected chi connectivity index (χ4v) is 15.7. The van der Waals surface area contributed by atoms with Gasteiger partial charge in [0.1, 0.15) is 45.9 Å². The van der Waals surface area contributed by atoms with Gasteiger partial charge in [-0.3, -0.25) is 14.1 Å². The zero-order chi connectivity index (χ0) is 76.7. The van der Waals surface area contributed by atoms with E-state index in [9.17, 15) is 10.2 Å². The molecule has 0 aliphatic carbocycles. The van der Waals surface area contributed by atoms with E-state index in [1.54, 1.807) is 12.1 Å². The number of phenolic OH excluding ortho intramolecular Hbond substituents is 2. The van der Waals surface area contributed by atoms with Gasteiger partial charge in [0.25, 0.3) is 0 Å². The number of phenols is 2. The Morgan fingerprint density at radius 3 is 1.64 bits per heavy atom. The number of ether oxygens (including phenoxy) is 1. The van der Waals surface area contributed by atoms with Crippen molar-refractivity contribution in [1.29, 1.82) is 0 Å². The maximum Gasteiger partial charge on any atom is 2.00 e. The molecule has 118 heavy (non-hydrogen) atoms. The number of hydrogen-bond acceptors (Lipinski definition) is 11. The van der Waals surface area contributed by atoms with Crippen LogP contribution in [0.1, 0.15) is 0 Å². The summed E-state index contributed by atoms with van der Waals surface area (Å²) in [7, 11) is 0. The van der Waals surface area contributed by atoms with Crippen molar-refractivity contribution >= 4 is 116 Å². The number of benzene rings is 12. The maximum absolute atomic E-state index is 10.8. The van der Waals surface area contributed by atoms with Gasteiger partial charge in [-0.1, -0.05) is 175 Å². The molecule has 0 atom stereocenters. The molecule has 0 radical (unpaired) electrons. The fourth-order valence-electron chi connectivity index (χ4n) is 15.7. The van der Waals surface area contributed by atoms with Gasteiger partial charge < -0.3 is 38.8 Å². The first-order valence-electron chi connectivity index (χ1n) is 37.9. The molecule has 2 N–H and O–H groups in total. The third-order valence-electron chi connectivity index (χ3n) is 20.9. The number of aromatic hydroxyl groups is 2. The second-order valence-electron chi connectivity index (χ2n) is 27.8. The summed E-state index contributed by atoms with van der Waals surface area (Å²) in [4.78, 5) is 31.1. The first-order chi connectivity index (χ1) is 56.9. The summed E-state index contributed by atoms with van der Waals surface area (Å²) in [6, 6.07) is 131. The Bertz CT molecular complexity index is 7150. The Morgan fingerprint density at radius 1 is 0.373 bits per heavy atom. The van der Waals surface area contributed by atoms with E-state index in [1.165, 1.54) is 0 Å². The predicted molar refractivity (Wildman–Crippen MR) is 462 cm³/mol. The standard InChI is InChI=1S/C40H27N4O.C34H20N4O.C26H20N4O.3Pt/c45-38-21-10-9-20-37(38)44-36-19-8-7-18-33(36)34-22-23-35(42-40(34)44)30-14-11-17-32(26-30)43(31-15-5-2-6-16-31)39-27-29(24-25-41-39)28-12-3-1-4-13-28;1-2-10-23(11-3-1)37-30-17-6-5-15-27(30)29-19-20-32(36-34(29)37)39-25-13-8-12-24(22-25)38-31-18-7-4-14-26(31)28-16-9-21-35-33(28)38;31-23-13-6-11-21-20-10-4-5-12-22(20)30(26(21)23)25-15-7-14-24(27-25)29-17-16-28(18-29)19-8-2-1-3-9-19;;;/h1-25,27,45H;1-10,12-21H;1-8,10-15,18,31H,16-17H2;;;/q-1;2*-2;;2*+2. The van der Waals surface area contributed by atoms with E-state index in [4.69, 9.17) is 24.7 Å². The first-order valence-corrected chi connectivity index (χ1v) is 37.9. The molecule has 0 unspecified atom stereocenters. The molecular weight excluding hydrogens is 2000 g/mol. The summed E-state index contributed by atoms with van der Waals surface area (Å²) in [5, 5.41) is 30.2. The third kappa shape index (κ3) is 14.5. The summed E-state index contributed by atoms with van der Waals surface area (Å²) in [6.45, 7) is 3.81. The van der Waals surface area contributed by atoms with Gasteiger partial charge in [0.15, 0.2) is 0 Å². The Morgan fingerprint density at radius 2 is 0.924 bits per heavy atom. The predicted octanol–water partition coefficient (Wildman–Crippen LogP) is 23.1. The zero-order valence-electron chi connectivity index (χ0n) is 62.8. The summed E-state index contributed by atoms with van der Waals surface area (Å²) >= 11 is 0. The Kier molecular flexibility index (Phi) is 22.0. The smallest absolute Gasteiger partial charge is 0.522 e. The van der Waals surface area contributed by atoms with E-state index in [1.807, 2.05) is 246 Å². The van der Waals surface area contributed by atoms with Crippen molar-refractivity contribution in [3.05, 3.63) is 395 Å². The molecule has 21 aromatic rings. The molecule has 22 rings (SSSR count). The monoisotopic (exact) mass is 2070 g/mol. The molecule has 1 aliphatic heterocycles. The van der Waals surface area contributed by atoms with Gasteiger partial charge in [-0.2, -0.15) is 72.3 Å². The molecule has 0 amide bonds. The van der Waals surface area contributed by atoms with E-state index < -0.39 is 0 Å². The average molecular weight is 2070 g/mol. The minimum absolute atomic E-state index is 0. The number of hydrogen-bond donors (Lipinski definition) is 2. The number of nitrogens with zero attached hydrogens (tertiary/aromatic N) is 12. The molecule has 0 spiro atoms. The quantitative estimate of drug-likeness (QED) is 0.106. The fraction of sp³-hybridized carbons (Fsp3) is 0.0200. The minimum atomic E-state index is 0. The first kappa shape index (κ1) is 77.1. The topological polar surface area (TPSA) is 144 Å². The van der Waals surface area contributed by atoms with E-state index in [-0.39, 0.29) is 74.7 Å². The number of aromatic nitrogens is 9. The molecule has 576 valence electrons. The molecule has 1 saturated heterocycles. The average Bonchev–Trinajstić information content (AvgIpc) is 1.60. The van der Waals surface area contributed by atoms with E-state index in [0.29, 0.717) is 17.3 Å². The van der Waals surface area contributed by atoms with Crippen molar-refractivity contribution in [1.82, 2.24) is 43.2 Å². The number of fused-ring (bicyclic) bond motifs is 12. The molecule has 1 fully saturated rings. The van der Waals surface area contributed by atoms with Gasteiger partial charge in [-0.15, -0.1) is 59.8 Å². The van der Waals surface area contributed by atoms with Crippen LogP contribution in [0.3, 0.4) is 0 Å². The van der Waals surface area contributed by atoms with E-state index >= 15 is 0 Å². The minimum Gasteiger partial charge on any atom is -0.522 e. The van der Waals surface area contributed by atoms with Crippen LogP contribution in [-0.4, -0.2) is 66.5 Å². The van der Waals surface area contributed by atoms with Gasteiger partial charge in [-0.05, 0) is 120 Å². The Hall–Kier alpha value is -13.5. The summed E-state index contributed by atoms with van der Waals surface area (Å²) in [6.07, 6.45) is 3.67. The van der Waals surface area contributed by atoms with Crippen molar-refractivity contribution in [3.63, 3.8) is 0 Å². The molecule has 18 heteroatoms. The molecule has 10 heterocycles. The van der Waals surface area contributed by atoms with Crippen LogP contribution < -0.4 is 19.4 Å². The van der Waals surface area contributed by atoms with Crippen LogP contribution >= 0.6 is 0 Å². The molecule has 12 aromatic carbocycles. The van der Waals surface area contributed by atoms with Crippen LogP contribution in [0.5, 0.6) is 23.1 Å². The molecular formula is C100H67N12O3Pt3-. The van der Waals surface area contributed by atoms with E-state index in [2.05, 4.69) is 175 Å². The van der Waals surface area contributed by atoms with Gasteiger partial charge in [0, 0.05) is 107 Å². The van der Waals surface area contributed by atoms with Crippen molar-refractivity contribution < 1.29 is 78.1 Å². The third-order valence-corrected chi connectivity index (χ3v) is 20.9. The Balaban J connectivity index is 0.000000127. The second kappa shape index (κ2) is 33.7. The van der Waals surface area contributed by atoms with Crippen LogP contribution in [0.2, 0.25) is 0 Å². The molecule has 0 bridgehead atoms. The normalized spacial score (nSPS) is 11.8. The Labute approximate surface area is 723 Å². The van der Waals surface area contributed by atoms with E-state index in [0.717, 1.165) is 169 Å². The van der Waals surface area contributed by atoms with Crippen LogP contribution in [0.25, 0.3) is 133 Å². The van der Waals surface area contributed by atoms with Gasteiger partial charge in [-0.25, -0.2) is 15.0 Å². The molecule has 15 nitrogen and oxygen atoms in total. The zero-order valence-corrected chi connectivity index (χ0v) is 69.6. The largest absolute Gasteiger partial charge is 2.00 e. The maximum atomic E-state index is 10.8.